The molecule has 0 heterocycles. The molecule has 0 aliphatic carbocycles. The van der Waals surface area contributed by atoms with Crippen LogP contribution in [0, 0.1) is 0 Å². The van der Waals surface area contributed by atoms with E-state index >= 15 is 0 Å². The smallest absolute Gasteiger partial charge is 0.324 e. The summed E-state index contributed by atoms with van der Waals surface area (Å²) in [7, 11) is -3.95. The number of benzene rings is 1. The van der Waals surface area contributed by atoms with Gasteiger partial charge in [0.25, 0.3) is 5.91 Å². The summed E-state index contributed by atoms with van der Waals surface area (Å²) in [6.07, 6.45) is 0.421. The standard InChI is InChI=1S/C15H19ClN2O5S/c1-4-8-17-14(19)11(3)23-15(20)10(2)18-24(21,22)13-7-5-6-12(16)9-13/h4-7,9-11,18H,1,8H2,2-3H3,(H,17,19)/t10-,11-/m0/s1. The van der Waals surface area contributed by atoms with Gasteiger partial charge in [-0.05, 0) is 32.0 Å². The molecule has 0 aromatic heterocycles. The number of nitrogens with one attached hydrogen (secondary N) is 2. The summed E-state index contributed by atoms with van der Waals surface area (Å²) in [5.74, 6) is -1.38. The van der Waals surface area contributed by atoms with Gasteiger partial charge >= 0.3 is 5.97 Å². The molecule has 0 unspecified atom stereocenters. The van der Waals surface area contributed by atoms with Crippen LogP contribution in [0.25, 0.3) is 0 Å². The van der Waals surface area contributed by atoms with Gasteiger partial charge in [0.1, 0.15) is 6.04 Å². The number of halogens is 1. The third-order valence-corrected chi connectivity index (χ3v) is 4.65. The number of hydrogen-bond donors (Lipinski definition) is 2. The third-order valence-electron chi connectivity index (χ3n) is 2.87. The van der Waals surface area contributed by atoms with Crippen LogP contribution in [0.3, 0.4) is 0 Å². The molecule has 9 heteroatoms. The maximum atomic E-state index is 12.2. The van der Waals surface area contributed by atoms with E-state index in [9.17, 15) is 18.0 Å². The fourth-order valence-corrected chi connectivity index (χ4v) is 3.12. The summed E-state index contributed by atoms with van der Waals surface area (Å²) in [6, 6.07) is 4.43. The summed E-state index contributed by atoms with van der Waals surface area (Å²) in [5, 5.41) is 2.72. The molecule has 0 aliphatic heterocycles. The van der Waals surface area contributed by atoms with Crippen LogP contribution in [-0.2, 0) is 24.3 Å². The Morgan fingerprint density at radius 3 is 2.62 bits per heavy atom. The lowest BCUT2D eigenvalue weighted by Gasteiger charge is -2.17. The Balaban J connectivity index is 2.69. The van der Waals surface area contributed by atoms with Crippen molar-refractivity contribution in [1.82, 2.24) is 10.0 Å². The molecule has 0 fully saturated rings. The Kier molecular flexibility index (Phi) is 7.40. The lowest BCUT2D eigenvalue weighted by atomic mass is 10.3. The second-order valence-corrected chi connectivity index (χ2v) is 7.06. The highest BCUT2D eigenvalue weighted by atomic mass is 35.5. The predicted molar refractivity (Wildman–Crippen MR) is 90.0 cm³/mol. The molecule has 0 spiro atoms. The number of ether oxygens (including phenoxy) is 1. The van der Waals surface area contributed by atoms with Gasteiger partial charge in [-0.2, -0.15) is 4.72 Å². The number of amides is 1. The van der Waals surface area contributed by atoms with Crippen LogP contribution in [0.1, 0.15) is 13.8 Å². The molecule has 1 amide bonds. The van der Waals surface area contributed by atoms with E-state index in [1.54, 1.807) is 0 Å². The second kappa shape index (κ2) is 8.81. The van der Waals surface area contributed by atoms with Crippen LogP contribution in [0.4, 0.5) is 0 Å². The normalized spacial score (nSPS) is 13.6. The fraction of sp³-hybridized carbons (Fsp3) is 0.333. The zero-order valence-corrected chi connectivity index (χ0v) is 14.9. The van der Waals surface area contributed by atoms with Gasteiger partial charge in [-0.25, -0.2) is 8.42 Å². The fourth-order valence-electron chi connectivity index (χ4n) is 1.63. The maximum Gasteiger partial charge on any atom is 0.324 e. The highest BCUT2D eigenvalue weighted by molar-refractivity contribution is 7.89. The van der Waals surface area contributed by atoms with Crippen molar-refractivity contribution in [2.24, 2.45) is 0 Å². The molecular weight excluding hydrogens is 356 g/mol. The van der Waals surface area contributed by atoms with Crippen LogP contribution in [-0.4, -0.2) is 39.0 Å². The van der Waals surface area contributed by atoms with Crippen molar-refractivity contribution in [3.8, 4) is 0 Å². The molecule has 0 bridgehead atoms. The van der Waals surface area contributed by atoms with E-state index in [4.69, 9.17) is 16.3 Å². The molecule has 2 atom stereocenters. The Morgan fingerprint density at radius 1 is 1.38 bits per heavy atom. The van der Waals surface area contributed by atoms with E-state index in [2.05, 4.69) is 16.6 Å². The average Bonchev–Trinajstić information content (AvgIpc) is 2.51. The first kappa shape index (κ1) is 20.1. The molecule has 1 aromatic carbocycles. The van der Waals surface area contributed by atoms with Crippen molar-refractivity contribution < 1.29 is 22.7 Å². The maximum absolute atomic E-state index is 12.2. The predicted octanol–water partition coefficient (Wildman–Crippen LogP) is 1.24. The van der Waals surface area contributed by atoms with E-state index in [1.807, 2.05) is 0 Å². The van der Waals surface area contributed by atoms with Crippen molar-refractivity contribution in [1.29, 1.82) is 0 Å². The van der Waals surface area contributed by atoms with Crippen LogP contribution in [0.5, 0.6) is 0 Å². The van der Waals surface area contributed by atoms with Crippen LogP contribution < -0.4 is 10.0 Å². The quantitative estimate of drug-likeness (QED) is 0.526. The molecule has 1 aromatic rings. The molecule has 1 rings (SSSR count). The van der Waals surface area contributed by atoms with Crippen molar-refractivity contribution in [3.63, 3.8) is 0 Å². The number of carbonyl (C=O) groups is 2. The van der Waals surface area contributed by atoms with E-state index in [-0.39, 0.29) is 16.5 Å². The van der Waals surface area contributed by atoms with Gasteiger partial charge in [0.05, 0.1) is 4.90 Å². The van der Waals surface area contributed by atoms with Crippen molar-refractivity contribution in [3.05, 3.63) is 41.9 Å². The van der Waals surface area contributed by atoms with Crippen LogP contribution in [0.2, 0.25) is 5.02 Å². The van der Waals surface area contributed by atoms with Crippen molar-refractivity contribution in [2.75, 3.05) is 6.54 Å². The SMILES string of the molecule is C=CCNC(=O)[C@H](C)OC(=O)[C@H](C)NS(=O)(=O)c1cccc(Cl)c1. The largest absolute Gasteiger partial charge is 0.451 e. The monoisotopic (exact) mass is 374 g/mol. The summed E-state index contributed by atoms with van der Waals surface area (Å²) < 4.78 is 31.5. The Labute approximate surface area is 146 Å². The van der Waals surface area contributed by atoms with Crippen LogP contribution >= 0.6 is 11.6 Å². The minimum absolute atomic E-state index is 0.0774. The molecular formula is C15H19ClN2O5S. The molecule has 0 saturated carbocycles. The number of carbonyl (C=O) groups excluding carboxylic acids is 2. The zero-order valence-electron chi connectivity index (χ0n) is 13.3. The Bertz CT molecular complexity index is 720. The van der Waals surface area contributed by atoms with Gasteiger partial charge in [0.15, 0.2) is 6.10 Å². The van der Waals surface area contributed by atoms with Gasteiger partial charge in [0, 0.05) is 11.6 Å². The molecule has 0 saturated heterocycles. The van der Waals surface area contributed by atoms with Crippen molar-refractivity contribution in [2.45, 2.75) is 30.9 Å². The molecule has 7 nitrogen and oxygen atoms in total. The lowest BCUT2D eigenvalue weighted by molar-refractivity contribution is -0.155. The van der Waals surface area contributed by atoms with Gasteiger partial charge in [-0.15, -0.1) is 6.58 Å². The number of sulfonamides is 1. The number of esters is 1. The topological polar surface area (TPSA) is 102 Å². The van der Waals surface area contributed by atoms with Gasteiger partial charge in [0.2, 0.25) is 10.0 Å². The van der Waals surface area contributed by atoms with E-state index < -0.39 is 34.0 Å². The molecule has 0 aliphatic rings. The second-order valence-electron chi connectivity index (χ2n) is 4.91. The van der Waals surface area contributed by atoms with Gasteiger partial charge in [-0.1, -0.05) is 23.7 Å². The number of rotatable bonds is 8. The lowest BCUT2D eigenvalue weighted by Crippen LogP contribution is -2.43. The Morgan fingerprint density at radius 2 is 2.04 bits per heavy atom. The third kappa shape index (κ3) is 5.95. The highest BCUT2D eigenvalue weighted by Gasteiger charge is 2.26. The van der Waals surface area contributed by atoms with Gasteiger partial charge < -0.3 is 10.1 Å². The van der Waals surface area contributed by atoms with Crippen LogP contribution in [0.15, 0.2) is 41.8 Å². The molecule has 2 N–H and O–H groups in total. The molecule has 0 radical (unpaired) electrons. The summed E-state index contributed by atoms with van der Waals surface area (Å²) in [4.78, 5) is 23.5. The summed E-state index contributed by atoms with van der Waals surface area (Å²) in [6.45, 7) is 6.38. The van der Waals surface area contributed by atoms with E-state index in [0.29, 0.717) is 0 Å². The minimum atomic E-state index is -3.95. The summed E-state index contributed by atoms with van der Waals surface area (Å²) >= 11 is 5.76. The van der Waals surface area contributed by atoms with E-state index in [0.717, 1.165) is 0 Å². The first-order chi connectivity index (χ1) is 11.2. The summed E-state index contributed by atoms with van der Waals surface area (Å²) in [5.41, 5.74) is 0. The zero-order chi connectivity index (χ0) is 18.3. The van der Waals surface area contributed by atoms with Crippen molar-refractivity contribution >= 4 is 33.5 Å². The van der Waals surface area contributed by atoms with Gasteiger partial charge in [-0.3, -0.25) is 9.59 Å². The average molecular weight is 375 g/mol. The Hall–Kier alpha value is -1.90. The van der Waals surface area contributed by atoms with E-state index in [1.165, 1.54) is 44.2 Å². The first-order valence-corrected chi connectivity index (χ1v) is 8.90. The minimum Gasteiger partial charge on any atom is -0.451 e. The molecule has 24 heavy (non-hydrogen) atoms. The number of hydrogen-bond acceptors (Lipinski definition) is 5. The first-order valence-electron chi connectivity index (χ1n) is 7.04. The molecule has 132 valence electrons. The highest BCUT2D eigenvalue weighted by Crippen LogP contribution is 2.15.